The summed E-state index contributed by atoms with van der Waals surface area (Å²) in [7, 11) is 0. The van der Waals surface area contributed by atoms with E-state index in [2.05, 4.69) is 10.6 Å². The Hall–Kier alpha value is -2.56. The zero-order valence-corrected chi connectivity index (χ0v) is 13.0. The summed E-state index contributed by atoms with van der Waals surface area (Å²) in [5.41, 5.74) is 1.47. The molecule has 5 nitrogen and oxygen atoms in total. The maximum Gasteiger partial charge on any atom is 0.255 e. The molecule has 2 amide bonds. The van der Waals surface area contributed by atoms with E-state index in [1.807, 2.05) is 30.3 Å². The zero-order valence-electron chi connectivity index (χ0n) is 13.0. The quantitative estimate of drug-likeness (QED) is 0.859. The van der Waals surface area contributed by atoms with E-state index in [1.165, 1.54) is 6.26 Å². The van der Waals surface area contributed by atoms with Crippen LogP contribution in [0.4, 0.5) is 0 Å². The number of carbonyl (C=O) groups excluding carboxylic acids is 2. The largest absolute Gasteiger partial charge is 0.469 e. The van der Waals surface area contributed by atoms with E-state index >= 15 is 0 Å². The van der Waals surface area contributed by atoms with Gasteiger partial charge in [-0.2, -0.15) is 0 Å². The third-order valence-corrected chi connectivity index (χ3v) is 3.93. The van der Waals surface area contributed by atoms with Crippen LogP contribution in [0.2, 0.25) is 0 Å². The molecule has 1 aromatic heterocycles. The molecule has 23 heavy (non-hydrogen) atoms. The highest BCUT2D eigenvalue weighted by Gasteiger charge is 2.29. The molecule has 3 rings (SSSR count). The van der Waals surface area contributed by atoms with E-state index in [-0.39, 0.29) is 17.9 Å². The van der Waals surface area contributed by atoms with Crippen LogP contribution < -0.4 is 10.6 Å². The lowest BCUT2D eigenvalue weighted by Crippen LogP contribution is -2.48. The number of hydrogen-bond donors (Lipinski definition) is 2. The third kappa shape index (κ3) is 4.00. The number of amides is 2. The van der Waals surface area contributed by atoms with Gasteiger partial charge in [-0.3, -0.25) is 9.59 Å². The van der Waals surface area contributed by atoms with E-state index in [1.54, 1.807) is 13.0 Å². The molecule has 1 unspecified atom stereocenters. The summed E-state index contributed by atoms with van der Waals surface area (Å²) < 4.78 is 5.16. The smallest absolute Gasteiger partial charge is 0.255 e. The monoisotopic (exact) mass is 312 g/mol. The van der Waals surface area contributed by atoms with Crippen molar-refractivity contribution in [3.63, 3.8) is 0 Å². The Balaban J connectivity index is 1.72. The van der Waals surface area contributed by atoms with E-state index in [4.69, 9.17) is 4.42 Å². The van der Waals surface area contributed by atoms with Gasteiger partial charge in [-0.25, -0.2) is 0 Å². The molecule has 1 aliphatic carbocycles. The SMILES string of the molecule is Cc1occc1C(=O)NC(Cc1ccccc1)C(=O)NC1CC1. The number of carbonyl (C=O) groups is 2. The van der Waals surface area contributed by atoms with Gasteiger partial charge in [0.25, 0.3) is 5.91 Å². The van der Waals surface area contributed by atoms with Crippen LogP contribution in [0.1, 0.15) is 34.5 Å². The average molecular weight is 312 g/mol. The Morgan fingerprint density at radius 2 is 1.96 bits per heavy atom. The van der Waals surface area contributed by atoms with Crippen LogP contribution in [0.5, 0.6) is 0 Å². The van der Waals surface area contributed by atoms with Crippen molar-refractivity contribution in [1.82, 2.24) is 10.6 Å². The van der Waals surface area contributed by atoms with Gasteiger partial charge in [0.1, 0.15) is 11.8 Å². The first-order valence-corrected chi connectivity index (χ1v) is 7.83. The van der Waals surface area contributed by atoms with E-state index in [9.17, 15) is 9.59 Å². The van der Waals surface area contributed by atoms with Gasteiger partial charge in [-0.1, -0.05) is 30.3 Å². The van der Waals surface area contributed by atoms with Crippen LogP contribution in [0, 0.1) is 6.92 Å². The molecule has 0 spiro atoms. The molecule has 1 heterocycles. The van der Waals surface area contributed by atoms with Crippen molar-refractivity contribution in [3.05, 3.63) is 59.5 Å². The van der Waals surface area contributed by atoms with Gasteiger partial charge in [0, 0.05) is 12.5 Å². The fourth-order valence-corrected chi connectivity index (χ4v) is 2.45. The van der Waals surface area contributed by atoms with Crippen LogP contribution >= 0.6 is 0 Å². The molecule has 2 aromatic rings. The molecule has 0 saturated heterocycles. The first-order valence-electron chi connectivity index (χ1n) is 7.83. The van der Waals surface area contributed by atoms with Crippen LogP contribution in [-0.4, -0.2) is 23.9 Å². The number of benzene rings is 1. The van der Waals surface area contributed by atoms with Gasteiger partial charge in [0.15, 0.2) is 0 Å². The molecular formula is C18H20N2O3. The van der Waals surface area contributed by atoms with Crippen molar-refractivity contribution in [3.8, 4) is 0 Å². The Labute approximate surface area is 135 Å². The number of hydrogen-bond acceptors (Lipinski definition) is 3. The highest BCUT2D eigenvalue weighted by Crippen LogP contribution is 2.19. The van der Waals surface area contributed by atoms with E-state index < -0.39 is 6.04 Å². The lowest BCUT2D eigenvalue weighted by atomic mass is 10.0. The molecule has 1 aliphatic rings. The summed E-state index contributed by atoms with van der Waals surface area (Å²) in [4.78, 5) is 24.8. The fraction of sp³-hybridized carbons (Fsp3) is 0.333. The number of aryl methyl sites for hydroxylation is 1. The van der Waals surface area contributed by atoms with Crippen molar-refractivity contribution in [2.75, 3.05) is 0 Å². The summed E-state index contributed by atoms with van der Waals surface area (Å²) in [6.07, 6.45) is 3.96. The van der Waals surface area contributed by atoms with Gasteiger partial charge in [0.05, 0.1) is 11.8 Å². The second kappa shape index (κ2) is 6.69. The Kier molecular flexibility index (Phi) is 4.46. The first kappa shape index (κ1) is 15.3. The molecule has 1 aromatic carbocycles. The van der Waals surface area contributed by atoms with Crippen LogP contribution in [0.15, 0.2) is 47.1 Å². The van der Waals surface area contributed by atoms with Gasteiger partial charge in [-0.05, 0) is 31.4 Å². The normalized spacial score (nSPS) is 15.0. The van der Waals surface area contributed by atoms with Crippen molar-refractivity contribution < 1.29 is 14.0 Å². The predicted molar refractivity (Wildman–Crippen MR) is 86.0 cm³/mol. The summed E-state index contributed by atoms with van der Waals surface area (Å²) in [6.45, 7) is 1.73. The molecule has 1 saturated carbocycles. The summed E-state index contributed by atoms with van der Waals surface area (Å²) in [5, 5.41) is 5.79. The first-order chi connectivity index (χ1) is 11.1. The summed E-state index contributed by atoms with van der Waals surface area (Å²) >= 11 is 0. The van der Waals surface area contributed by atoms with Crippen molar-refractivity contribution >= 4 is 11.8 Å². The van der Waals surface area contributed by atoms with Crippen molar-refractivity contribution in [2.24, 2.45) is 0 Å². The topological polar surface area (TPSA) is 71.3 Å². The standard InChI is InChI=1S/C18H20N2O3/c1-12-15(9-10-23-12)17(21)20-16(18(22)19-14-7-8-14)11-13-5-3-2-4-6-13/h2-6,9-10,14,16H,7-8,11H2,1H3,(H,19,22)(H,20,21). The summed E-state index contributed by atoms with van der Waals surface area (Å²) in [5.74, 6) is 0.123. The van der Waals surface area contributed by atoms with Crippen molar-refractivity contribution in [2.45, 2.75) is 38.3 Å². The van der Waals surface area contributed by atoms with E-state index in [0.717, 1.165) is 18.4 Å². The van der Waals surface area contributed by atoms with Gasteiger partial charge in [0.2, 0.25) is 5.91 Å². The minimum absolute atomic E-state index is 0.133. The molecule has 5 heteroatoms. The lowest BCUT2D eigenvalue weighted by molar-refractivity contribution is -0.123. The lowest BCUT2D eigenvalue weighted by Gasteiger charge is -2.18. The second-order valence-electron chi connectivity index (χ2n) is 5.89. The van der Waals surface area contributed by atoms with Gasteiger partial charge < -0.3 is 15.1 Å². The Morgan fingerprint density at radius 1 is 1.22 bits per heavy atom. The number of rotatable bonds is 6. The van der Waals surface area contributed by atoms with Crippen LogP contribution in [0.3, 0.4) is 0 Å². The maximum absolute atomic E-state index is 12.4. The highest BCUT2D eigenvalue weighted by molar-refractivity contribution is 5.98. The Bertz CT molecular complexity index is 689. The second-order valence-corrected chi connectivity index (χ2v) is 5.89. The molecular weight excluding hydrogens is 292 g/mol. The number of nitrogens with one attached hydrogen (secondary N) is 2. The summed E-state index contributed by atoms with van der Waals surface area (Å²) in [6, 6.07) is 11.0. The van der Waals surface area contributed by atoms with Gasteiger partial charge in [-0.15, -0.1) is 0 Å². The fourth-order valence-electron chi connectivity index (χ4n) is 2.45. The average Bonchev–Trinajstić information content (AvgIpc) is 3.25. The zero-order chi connectivity index (χ0) is 16.2. The van der Waals surface area contributed by atoms with E-state index in [0.29, 0.717) is 17.7 Å². The minimum atomic E-state index is -0.597. The van der Waals surface area contributed by atoms with Crippen molar-refractivity contribution in [1.29, 1.82) is 0 Å². The minimum Gasteiger partial charge on any atom is -0.469 e. The van der Waals surface area contributed by atoms with Crippen LogP contribution in [-0.2, 0) is 11.2 Å². The molecule has 0 bridgehead atoms. The molecule has 0 aliphatic heterocycles. The highest BCUT2D eigenvalue weighted by atomic mass is 16.3. The van der Waals surface area contributed by atoms with Gasteiger partial charge >= 0.3 is 0 Å². The molecule has 2 N–H and O–H groups in total. The predicted octanol–water partition coefficient (Wildman–Crippen LogP) is 2.21. The molecule has 1 atom stereocenters. The van der Waals surface area contributed by atoms with Crippen LogP contribution in [0.25, 0.3) is 0 Å². The molecule has 1 fully saturated rings. The Morgan fingerprint density at radius 3 is 2.57 bits per heavy atom. The maximum atomic E-state index is 12.4. The molecule has 0 radical (unpaired) electrons. The third-order valence-electron chi connectivity index (χ3n) is 3.93. The number of furan rings is 1. The molecule has 120 valence electrons.